The lowest BCUT2D eigenvalue weighted by Crippen LogP contribution is -2.40. The third-order valence-corrected chi connectivity index (χ3v) is 5.19. The molecule has 2 fully saturated rings. The number of fused-ring (bicyclic) bond motifs is 2. The molecule has 3 heteroatoms. The van der Waals surface area contributed by atoms with Crippen LogP contribution in [0.2, 0.25) is 0 Å². The zero-order valence-electron chi connectivity index (χ0n) is 12.8. The molecule has 1 aromatic rings. The van der Waals surface area contributed by atoms with Crippen LogP contribution in [0.3, 0.4) is 0 Å². The molecule has 0 spiro atoms. The molecule has 21 heavy (non-hydrogen) atoms. The summed E-state index contributed by atoms with van der Waals surface area (Å²) in [4.78, 5) is 24.6. The number of carbonyl (C=O) groups excluding carboxylic acids is 2. The summed E-state index contributed by atoms with van der Waals surface area (Å²) in [6.07, 6.45) is 4.58. The Bertz CT molecular complexity index is 563. The van der Waals surface area contributed by atoms with E-state index in [1.807, 2.05) is 18.2 Å². The first-order chi connectivity index (χ1) is 10.0. The summed E-state index contributed by atoms with van der Waals surface area (Å²) in [6, 6.07) is 6.00. The first kappa shape index (κ1) is 14.3. The number of rotatable bonds is 2. The van der Waals surface area contributed by atoms with Gasteiger partial charge in [0.2, 0.25) is 5.91 Å². The van der Waals surface area contributed by atoms with Gasteiger partial charge in [-0.1, -0.05) is 12.5 Å². The van der Waals surface area contributed by atoms with Crippen LogP contribution in [0.5, 0.6) is 0 Å². The highest BCUT2D eigenvalue weighted by atomic mass is 16.2. The van der Waals surface area contributed by atoms with E-state index in [1.54, 1.807) is 0 Å². The number of benzene rings is 1. The fraction of sp³-hybridized carbons (Fsp3) is 0.556. The Balaban J connectivity index is 1.68. The van der Waals surface area contributed by atoms with Crippen LogP contribution in [-0.2, 0) is 9.59 Å². The van der Waals surface area contributed by atoms with Gasteiger partial charge in [0.15, 0.2) is 0 Å². The molecule has 0 aromatic heterocycles. The lowest BCUT2D eigenvalue weighted by atomic mass is 9.67. The fourth-order valence-electron chi connectivity index (χ4n) is 3.76. The van der Waals surface area contributed by atoms with E-state index >= 15 is 0 Å². The molecule has 2 aliphatic carbocycles. The maximum Gasteiger partial charge on any atom is 0.227 e. The highest BCUT2D eigenvalue weighted by Gasteiger charge is 2.41. The molecule has 3 rings (SSSR count). The van der Waals surface area contributed by atoms with Gasteiger partial charge in [-0.05, 0) is 62.8 Å². The van der Waals surface area contributed by atoms with Gasteiger partial charge in [0.1, 0.15) is 5.78 Å². The SMILES string of the molecule is Cc1ccc(NC(=O)C2C[C@@H]3CCC[C@@H](C2)C3=O)cc1C. The van der Waals surface area contributed by atoms with Gasteiger partial charge in [0.05, 0.1) is 0 Å². The second-order valence-electron chi connectivity index (χ2n) is 6.68. The molecular formula is C18H23NO2. The number of nitrogens with one attached hydrogen (secondary N) is 1. The Hall–Kier alpha value is -1.64. The third kappa shape index (κ3) is 2.87. The summed E-state index contributed by atoms with van der Waals surface area (Å²) in [5.74, 6) is 0.764. The van der Waals surface area contributed by atoms with Gasteiger partial charge in [-0.2, -0.15) is 0 Å². The molecule has 2 bridgehead atoms. The van der Waals surface area contributed by atoms with E-state index in [9.17, 15) is 9.59 Å². The molecule has 1 aromatic carbocycles. The second kappa shape index (κ2) is 5.63. The quantitative estimate of drug-likeness (QED) is 0.901. The minimum absolute atomic E-state index is 0.000362. The first-order valence-electron chi connectivity index (χ1n) is 7.96. The summed E-state index contributed by atoms with van der Waals surface area (Å²) in [6.45, 7) is 4.11. The monoisotopic (exact) mass is 285 g/mol. The number of Topliss-reactive ketones (excluding diaryl/α,β-unsaturated/α-hetero) is 1. The van der Waals surface area contributed by atoms with Gasteiger partial charge in [0, 0.05) is 23.4 Å². The Labute approximate surface area is 126 Å². The predicted octanol–water partition coefficient (Wildman–Crippen LogP) is 3.64. The number of anilines is 1. The predicted molar refractivity (Wildman–Crippen MR) is 83.1 cm³/mol. The topological polar surface area (TPSA) is 46.2 Å². The smallest absolute Gasteiger partial charge is 0.227 e. The van der Waals surface area contributed by atoms with Crippen LogP contribution in [-0.4, -0.2) is 11.7 Å². The van der Waals surface area contributed by atoms with Gasteiger partial charge in [-0.15, -0.1) is 0 Å². The Kier molecular flexibility index (Phi) is 3.83. The fourth-order valence-corrected chi connectivity index (χ4v) is 3.76. The molecule has 1 amide bonds. The average Bonchev–Trinajstić information content (AvgIpc) is 2.42. The van der Waals surface area contributed by atoms with Crippen molar-refractivity contribution in [3.05, 3.63) is 29.3 Å². The van der Waals surface area contributed by atoms with Crippen LogP contribution >= 0.6 is 0 Å². The average molecular weight is 285 g/mol. The summed E-state index contributed by atoms with van der Waals surface area (Å²) in [5.41, 5.74) is 3.28. The summed E-state index contributed by atoms with van der Waals surface area (Å²) in [5, 5.41) is 3.03. The highest BCUT2D eigenvalue weighted by Crippen LogP contribution is 2.40. The lowest BCUT2D eigenvalue weighted by molar-refractivity contribution is -0.136. The van der Waals surface area contributed by atoms with Crippen molar-refractivity contribution in [1.82, 2.24) is 0 Å². The molecule has 1 N–H and O–H groups in total. The van der Waals surface area contributed by atoms with Crippen molar-refractivity contribution in [2.24, 2.45) is 17.8 Å². The van der Waals surface area contributed by atoms with E-state index < -0.39 is 0 Å². The molecule has 2 aliphatic rings. The number of hydrogen-bond acceptors (Lipinski definition) is 2. The van der Waals surface area contributed by atoms with Gasteiger partial charge in [-0.25, -0.2) is 0 Å². The third-order valence-electron chi connectivity index (χ3n) is 5.19. The number of carbonyl (C=O) groups is 2. The first-order valence-corrected chi connectivity index (χ1v) is 7.96. The van der Waals surface area contributed by atoms with E-state index in [0.29, 0.717) is 5.78 Å². The molecule has 0 radical (unpaired) electrons. The maximum absolute atomic E-state index is 12.5. The zero-order chi connectivity index (χ0) is 15.0. The summed E-state index contributed by atoms with van der Waals surface area (Å²) >= 11 is 0. The molecule has 0 aliphatic heterocycles. The number of ketones is 1. The standard InChI is InChI=1S/C18H23NO2/c1-11-6-7-16(8-12(11)2)19-18(21)15-9-13-4-3-5-14(10-15)17(13)20/h6-8,13-15H,3-5,9-10H2,1-2H3,(H,19,21)/t13-,14-/m0/s1. The minimum atomic E-state index is -0.000362. The van der Waals surface area contributed by atoms with Crippen LogP contribution in [0.15, 0.2) is 18.2 Å². The van der Waals surface area contributed by atoms with Crippen molar-refractivity contribution < 1.29 is 9.59 Å². The van der Waals surface area contributed by atoms with E-state index in [0.717, 1.165) is 37.8 Å². The zero-order valence-corrected chi connectivity index (χ0v) is 12.8. The van der Waals surface area contributed by atoms with Crippen molar-refractivity contribution in [3.63, 3.8) is 0 Å². The molecule has 3 nitrogen and oxygen atoms in total. The molecule has 0 unspecified atom stereocenters. The van der Waals surface area contributed by atoms with Crippen molar-refractivity contribution in [3.8, 4) is 0 Å². The molecule has 112 valence electrons. The van der Waals surface area contributed by atoms with Gasteiger partial charge < -0.3 is 5.32 Å². The summed E-state index contributed by atoms with van der Waals surface area (Å²) in [7, 11) is 0. The molecular weight excluding hydrogens is 262 g/mol. The van der Waals surface area contributed by atoms with Gasteiger partial charge in [0.25, 0.3) is 0 Å². The van der Waals surface area contributed by atoms with Crippen molar-refractivity contribution in [2.45, 2.75) is 46.0 Å². The molecule has 2 atom stereocenters. The Morgan fingerprint density at radius 3 is 2.38 bits per heavy atom. The Morgan fingerprint density at radius 2 is 1.76 bits per heavy atom. The minimum Gasteiger partial charge on any atom is -0.326 e. The van der Waals surface area contributed by atoms with Gasteiger partial charge in [-0.3, -0.25) is 9.59 Å². The number of aryl methyl sites for hydroxylation is 2. The van der Waals surface area contributed by atoms with Crippen LogP contribution < -0.4 is 5.32 Å². The Morgan fingerprint density at radius 1 is 1.10 bits per heavy atom. The van der Waals surface area contributed by atoms with Crippen LogP contribution in [0, 0.1) is 31.6 Å². The molecule has 2 saturated carbocycles. The number of amides is 1. The maximum atomic E-state index is 12.5. The lowest BCUT2D eigenvalue weighted by Gasteiger charge is -2.36. The van der Waals surface area contributed by atoms with E-state index in [4.69, 9.17) is 0 Å². The summed E-state index contributed by atoms with van der Waals surface area (Å²) < 4.78 is 0. The van der Waals surface area contributed by atoms with E-state index in [-0.39, 0.29) is 23.7 Å². The van der Waals surface area contributed by atoms with E-state index in [1.165, 1.54) is 11.1 Å². The van der Waals surface area contributed by atoms with Crippen LogP contribution in [0.1, 0.15) is 43.2 Å². The van der Waals surface area contributed by atoms with Crippen molar-refractivity contribution in [2.75, 3.05) is 5.32 Å². The highest BCUT2D eigenvalue weighted by molar-refractivity contribution is 5.95. The molecule has 0 saturated heterocycles. The van der Waals surface area contributed by atoms with Crippen molar-refractivity contribution in [1.29, 1.82) is 0 Å². The van der Waals surface area contributed by atoms with Crippen molar-refractivity contribution >= 4 is 17.4 Å². The second-order valence-corrected chi connectivity index (χ2v) is 6.68. The van der Waals surface area contributed by atoms with Crippen LogP contribution in [0.25, 0.3) is 0 Å². The van der Waals surface area contributed by atoms with E-state index in [2.05, 4.69) is 19.2 Å². The molecule has 0 heterocycles. The largest absolute Gasteiger partial charge is 0.326 e. The normalized spacial score (nSPS) is 28.3. The van der Waals surface area contributed by atoms with Crippen LogP contribution in [0.4, 0.5) is 5.69 Å². The van der Waals surface area contributed by atoms with Gasteiger partial charge >= 0.3 is 0 Å². The number of hydrogen-bond donors (Lipinski definition) is 1.